The Hall–Kier alpha value is -1.55. The molecule has 2 atom stereocenters. The molecular formula is C18H27N3O. The summed E-state index contributed by atoms with van der Waals surface area (Å²) in [7, 11) is 0. The molecule has 2 aliphatic heterocycles. The standard InChI is InChI=1S/C18H27N3O/c1-14-11-15(12-19)13-21(14)18(22)16-5-7-17(8-6-16)20-9-3-2-4-10-20/h5-8,14-15H,2-4,9-13,19H2,1H3. The topological polar surface area (TPSA) is 49.6 Å². The highest BCUT2D eigenvalue weighted by atomic mass is 16.2. The first-order valence-corrected chi connectivity index (χ1v) is 8.55. The van der Waals surface area contributed by atoms with Gasteiger partial charge in [-0.05, 0) is 69.3 Å². The molecule has 4 heteroatoms. The second-order valence-corrected chi connectivity index (χ2v) is 6.74. The Bertz CT molecular complexity index is 508. The molecule has 2 saturated heterocycles. The molecule has 4 nitrogen and oxygen atoms in total. The van der Waals surface area contributed by atoms with Gasteiger partial charge < -0.3 is 15.5 Å². The third kappa shape index (κ3) is 3.12. The average Bonchev–Trinajstić information content (AvgIpc) is 2.96. The van der Waals surface area contributed by atoms with Crippen LogP contribution < -0.4 is 10.6 Å². The van der Waals surface area contributed by atoms with Gasteiger partial charge in [0.25, 0.3) is 5.91 Å². The summed E-state index contributed by atoms with van der Waals surface area (Å²) >= 11 is 0. The molecule has 22 heavy (non-hydrogen) atoms. The van der Waals surface area contributed by atoms with Crippen LogP contribution in [0.25, 0.3) is 0 Å². The molecule has 2 heterocycles. The average molecular weight is 301 g/mol. The number of amides is 1. The maximum Gasteiger partial charge on any atom is 0.254 e. The molecule has 2 unspecified atom stereocenters. The number of hydrogen-bond acceptors (Lipinski definition) is 3. The summed E-state index contributed by atoms with van der Waals surface area (Å²) < 4.78 is 0. The summed E-state index contributed by atoms with van der Waals surface area (Å²) in [5.41, 5.74) is 7.79. The van der Waals surface area contributed by atoms with Crippen molar-refractivity contribution in [2.24, 2.45) is 11.7 Å². The van der Waals surface area contributed by atoms with Crippen molar-refractivity contribution in [2.45, 2.75) is 38.6 Å². The Morgan fingerprint density at radius 2 is 1.86 bits per heavy atom. The van der Waals surface area contributed by atoms with Gasteiger partial charge in [0.1, 0.15) is 0 Å². The minimum Gasteiger partial charge on any atom is -0.372 e. The van der Waals surface area contributed by atoms with Gasteiger partial charge in [-0.1, -0.05) is 0 Å². The van der Waals surface area contributed by atoms with Crippen molar-refractivity contribution >= 4 is 11.6 Å². The normalized spacial score (nSPS) is 25.5. The number of nitrogens with two attached hydrogens (primary N) is 1. The first-order valence-electron chi connectivity index (χ1n) is 8.55. The Balaban J connectivity index is 1.68. The number of piperidine rings is 1. The minimum absolute atomic E-state index is 0.147. The van der Waals surface area contributed by atoms with Gasteiger partial charge in [-0.2, -0.15) is 0 Å². The Kier molecular flexibility index (Phi) is 4.67. The van der Waals surface area contributed by atoms with Gasteiger partial charge in [-0.15, -0.1) is 0 Å². The molecule has 0 aliphatic carbocycles. The van der Waals surface area contributed by atoms with E-state index in [0.717, 1.165) is 31.6 Å². The molecule has 0 bridgehead atoms. The molecule has 0 aromatic heterocycles. The van der Waals surface area contributed by atoms with Crippen LogP contribution in [0.2, 0.25) is 0 Å². The van der Waals surface area contributed by atoms with Gasteiger partial charge >= 0.3 is 0 Å². The molecule has 0 saturated carbocycles. The van der Waals surface area contributed by atoms with Crippen LogP contribution in [0.4, 0.5) is 5.69 Å². The molecule has 2 fully saturated rings. The molecule has 120 valence electrons. The van der Waals surface area contributed by atoms with Crippen LogP contribution in [0, 0.1) is 5.92 Å². The largest absolute Gasteiger partial charge is 0.372 e. The highest BCUT2D eigenvalue weighted by Crippen LogP contribution is 2.25. The van der Waals surface area contributed by atoms with Crippen LogP contribution in [0.15, 0.2) is 24.3 Å². The predicted octanol–water partition coefficient (Wildman–Crippen LogP) is 2.49. The number of likely N-dealkylation sites (tertiary alicyclic amines) is 1. The molecule has 3 rings (SSSR count). The van der Waals surface area contributed by atoms with Crippen LogP contribution in [0.1, 0.15) is 43.0 Å². The van der Waals surface area contributed by atoms with E-state index < -0.39 is 0 Å². The fraction of sp³-hybridized carbons (Fsp3) is 0.611. The Morgan fingerprint density at radius 1 is 1.18 bits per heavy atom. The van der Waals surface area contributed by atoms with Gasteiger partial charge in [0.2, 0.25) is 0 Å². The number of carbonyl (C=O) groups excluding carboxylic acids is 1. The van der Waals surface area contributed by atoms with Crippen molar-refractivity contribution in [3.63, 3.8) is 0 Å². The van der Waals surface area contributed by atoms with Crippen LogP contribution in [-0.4, -0.2) is 43.0 Å². The number of carbonyl (C=O) groups is 1. The lowest BCUT2D eigenvalue weighted by molar-refractivity contribution is 0.0743. The van der Waals surface area contributed by atoms with E-state index in [1.807, 2.05) is 17.0 Å². The Labute approximate surface area is 133 Å². The van der Waals surface area contributed by atoms with Gasteiger partial charge in [-0.25, -0.2) is 0 Å². The van der Waals surface area contributed by atoms with Crippen LogP contribution in [0.3, 0.4) is 0 Å². The molecule has 1 amide bonds. The van der Waals surface area contributed by atoms with E-state index in [1.54, 1.807) is 0 Å². The third-order valence-corrected chi connectivity index (χ3v) is 5.09. The van der Waals surface area contributed by atoms with Crippen molar-refractivity contribution < 1.29 is 4.79 Å². The number of nitrogens with zero attached hydrogens (tertiary/aromatic N) is 2. The summed E-state index contributed by atoms with van der Waals surface area (Å²) in [5, 5.41) is 0. The highest BCUT2D eigenvalue weighted by molar-refractivity contribution is 5.95. The van der Waals surface area contributed by atoms with Gasteiger partial charge in [0, 0.05) is 36.9 Å². The first-order chi connectivity index (χ1) is 10.7. The van der Waals surface area contributed by atoms with Crippen molar-refractivity contribution in [3.8, 4) is 0 Å². The van der Waals surface area contributed by atoms with Crippen molar-refractivity contribution in [1.29, 1.82) is 0 Å². The summed E-state index contributed by atoms with van der Waals surface area (Å²) in [6, 6.07) is 8.45. The van der Waals surface area contributed by atoms with E-state index in [4.69, 9.17) is 5.73 Å². The van der Waals surface area contributed by atoms with Gasteiger partial charge in [-0.3, -0.25) is 4.79 Å². The maximum atomic E-state index is 12.7. The second-order valence-electron chi connectivity index (χ2n) is 6.74. The number of rotatable bonds is 3. The van der Waals surface area contributed by atoms with E-state index in [1.165, 1.54) is 24.9 Å². The lowest BCUT2D eigenvalue weighted by Crippen LogP contribution is -2.34. The fourth-order valence-electron chi connectivity index (χ4n) is 3.73. The fourth-order valence-corrected chi connectivity index (χ4v) is 3.73. The van der Waals surface area contributed by atoms with Crippen LogP contribution in [0.5, 0.6) is 0 Å². The van der Waals surface area contributed by atoms with E-state index in [0.29, 0.717) is 18.5 Å². The monoisotopic (exact) mass is 301 g/mol. The second kappa shape index (κ2) is 6.69. The van der Waals surface area contributed by atoms with E-state index in [9.17, 15) is 4.79 Å². The van der Waals surface area contributed by atoms with Gasteiger partial charge in [0.15, 0.2) is 0 Å². The van der Waals surface area contributed by atoms with Crippen LogP contribution >= 0.6 is 0 Å². The summed E-state index contributed by atoms with van der Waals surface area (Å²) in [4.78, 5) is 17.1. The first kappa shape index (κ1) is 15.3. The molecule has 0 radical (unpaired) electrons. The van der Waals surface area contributed by atoms with Crippen molar-refractivity contribution in [2.75, 3.05) is 31.1 Å². The van der Waals surface area contributed by atoms with E-state index in [-0.39, 0.29) is 5.91 Å². The molecule has 2 N–H and O–H groups in total. The third-order valence-electron chi connectivity index (χ3n) is 5.09. The zero-order valence-corrected chi connectivity index (χ0v) is 13.5. The SMILES string of the molecule is CC1CC(CN)CN1C(=O)c1ccc(N2CCCCC2)cc1. The van der Waals surface area contributed by atoms with Crippen molar-refractivity contribution in [3.05, 3.63) is 29.8 Å². The zero-order chi connectivity index (χ0) is 15.5. The smallest absolute Gasteiger partial charge is 0.254 e. The number of benzene rings is 1. The zero-order valence-electron chi connectivity index (χ0n) is 13.5. The molecular weight excluding hydrogens is 274 g/mol. The number of anilines is 1. The summed E-state index contributed by atoms with van der Waals surface area (Å²) in [5.74, 6) is 0.597. The summed E-state index contributed by atoms with van der Waals surface area (Å²) in [6.07, 6.45) is 4.90. The maximum absolute atomic E-state index is 12.7. The van der Waals surface area contributed by atoms with E-state index >= 15 is 0 Å². The molecule has 1 aromatic carbocycles. The minimum atomic E-state index is 0.147. The predicted molar refractivity (Wildman–Crippen MR) is 90.2 cm³/mol. The lowest BCUT2D eigenvalue weighted by atomic mass is 10.1. The van der Waals surface area contributed by atoms with Gasteiger partial charge in [0.05, 0.1) is 0 Å². The van der Waals surface area contributed by atoms with Crippen molar-refractivity contribution in [1.82, 2.24) is 4.90 Å². The molecule has 2 aliphatic rings. The van der Waals surface area contributed by atoms with Crippen LogP contribution in [-0.2, 0) is 0 Å². The highest BCUT2D eigenvalue weighted by Gasteiger charge is 2.32. The molecule has 1 aromatic rings. The summed E-state index contributed by atoms with van der Waals surface area (Å²) in [6.45, 7) is 5.85. The number of hydrogen-bond donors (Lipinski definition) is 1. The molecule has 0 spiro atoms. The quantitative estimate of drug-likeness (QED) is 0.933. The Morgan fingerprint density at radius 3 is 2.45 bits per heavy atom. The lowest BCUT2D eigenvalue weighted by Gasteiger charge is -2.29. The van der Waals surface area contributed by atoms with E-state index in [2.05, 4.69) is 24.0 Å².